The van der Waals surface area contributed by atoms with Crippen molar-refractivity contribution in [3.8, 4) is 11.5 Å². The standard InChI is InChI=1S/C19H16ClNO3/c1-12(15-10-6-7-11-16(15)20)24-19(22)17-13(2)23-18(21-17)14-8-4-3-5-9-14/h3-12H,1-2H3/t12-/m1/s1. The van der Waals surface area contributed by atoms with Crippen molar-refractivity contribution in [3.63, 3.8) is 0 Å². The largest absolute Gasteiger partial charge is 0.453 e. The normalized spacial score (nSPS) is 12.0. The van der Waals surface area contributed by atoms with Crippen LogP contribution in [0.4, 0.5) is 0 Å². The average Bonchev–Trinajstić information content (AvgIpc) is 2.98. The Labute approximate surface area is 145 Å². The third-order valence-corrected chi connectivity index (χ3v) is 3.98. The molecule has 0 spiro atoms. The van der Waals surface area contributed by atoms with E-state index in [2.05, 4.69) is 4.98 Å². The highest BCUT2D eigenvalue weighted by molar-refractivity contribution is 6.31. The number of esters is 1. The van der Waals surface area contributed by atoms with E-state index in [1.165, 1.54) is 0 Å². The maximum Gasteiger partial charge on any atom is 0.361 e. The Morgan fingerprint density at radius 2 is 1.79 bits per heavy atom. The van der Waals surface area contributed by atoms with Gasteiger partial charge in [0, 0.05) is 16.1 Å². The van der Waals surface area contributed by atoms with Gasteiger partial charge >= 0.3 is 5.97 Å². The van der Waals surface area contributed by atoms with E-state index in [0.29, 0.717) is 16.7 Å². The molecular formula is C19H16ClNO3. The number of rotatable bonds is 4. The van der Waals surface area contributed by atoms with Gasteiger partial charge in [-0.3, -0.25) is 0 Å². The first-order valence-electron chi connectivity index (χ1n) is 7.54. The SMILES string of the molecule is Cc1oc(-c2ccccc2)nc1C(=O)O[C@H](C)c1ccccc1Cl. The summed E-state index contributed by atoms with van der Waals surface area (Å²) in [5.74, 6) is 0.279. The first kappa shape index (κ1) is 16.3. The number of carbonyl (C=O) groups is 1. The molecule has 3 aromatic rings. The number of aromatic nitrogens is 1. The van der Waals surface area contributed by atoms with Gasteiger partial charge in [-0.1, -0.05) is 48.0 Å². The predicted molar refractivity (Wildman–Crippen MR) is 92.0 cm³/mol. The molecule has 1 atom stereocenters. The van der Waals surface area contributed by atoms with E-state index in [1.54, 1.807) is 19.9 Å². The number of ether oxygens (including phenoxy) is 1. The van der Waals surface area contributed by atoms with Gasteiger partial charge in [-0.05, 0) is 32.0 Å². The van der Waals surface area contributed by atoms with Crippen LogP contribution in [0, 0.1) is 6.92 Å². The summed E-state index contributed by atoms with van der Waals surface area (Å²) >= 11 is 6.14. The van der Waals surface area contributed by atoms with Crippen molar-refractivity contribution in [2.75, 3.05) is 0 Å². The molecule has 0 amide bonds. The number of halogens is 1. The van der Waals surface area contributed by atoms with E-state index in [1.807, 2.05) is 48.5 Å². The van der Waals surface area contributed by atoms with Crippen molar-refractivity contribution in [2.24, 2.45) is 0 Å². The van der Waals surface area contributed by atoms with E-state index in [4.69, 9.17) is 20.8 Å². The number of oxazole rings is 1. The Morgan fingerprint density at radius 3 is 2.50 bits per heavy atom. The first-order valence-corrected chi connectivity index (χ1v) is 7.92. The van der Waals surface area contributed by atoms with Crippen LogP contribution in [0.25, 0.3) is 11.5 Å². The van der Waals surface area contributed by atoms with E-state index < -0.39 is 12.1 Å². The molecule has 4 nitrogen and oxygen atoms in total. The molecular weight excluding hydrogens is 326 g/mol. The Bertz CT molecular complexity index is 858. The zero-order valence-corrected chi connectivity index (χ0v) is 14.1. The summed E-state index contributed by atoms with van der Waals surface area (Å²) in [7, 11) is 0. The maximum atomic E-state index is 12.4. The maximum absolute atomic E-state index is 12.4. The number of hydrogen-bond donors (Lipinski definition) is 0. The first-order chi connectivity index (χ1) is 11.6. The molecule has 0 bridgehead atoms. The highest BCUT2D eigenvalue weighted by Crippen LogP contribution is 2.27. The predicted octanol–water partition coefficient (Wildman–Crippen LogP) is 5.22. The zero-order chi connectivity index (χ0) is 17.1. The summed E-state index contributed by atoms with van der Waals surface area (Å²) in [5, 5.41) is 0.555. The van der Waals surface area contributed by atoms with Crippen molar-refractivity contribution >= 4 is 17.6 Å². The fourth-order valence-electron chi connectivity index (χ4n) is 2.37. The molecule has 0 aliphatic rings. The van der Waals surface area contributed by atoms with Gasteiger partial charge in [0.05, 0.1) is 0 Å². The van der Waals surface area contributed by atoms with Gasteiger partial charge in [-0.2, -0.15) is 0 Å². The van der Waals surface area contributed by atoms with Gasteiger partial charge < -0.3 is 9.15 Å². The highest BCUT2D eigenvalue weighted by Gasteiger charge is 2.22. The molecule has 0 saturated heterocycles. The lowest BCUT2D eigenvalue weighted by Gasteiger charge is -2.14. The van der Waals surface area contributed by atoms with E-state index in [-0.39, 0.29) is 5.69 Å². The van der Waals surface area contributed by atoms with Crippen LogP contribution in [-0.2, 0) is 4.74 Å². The molecule has 0 aliphatic heterocycles. The fourth-order valence-corrected chi connectivity index (χ4v) is 2.66. The highest BCUT2D eigenvalue weighted by atomic mass is 35.5. The van der Waals surface area contributed by atoms with Crippen LogP contribution in [-0.4, -0.2) is 11.0 Å². The molecule has 122 valence electrons. The van der Waals surface area contributed by atoms with Gasteiger partial charge in [0.25, 0.3) is 0 Å². The van der Waals surface area contributed by atoms with E-state index in [9.17, 15) is 4.79 Å². The molecule has 2 aromatic carbocycles. The molecule has 0 fully saturated rings. The molecule has 0 aliphatic carbocycles. The third kappa shape index (κ3) is 3.34. The lowest BCUT2D eigenvalue weighted by molar-refractivity contribution is 0.0330. The van der Waals surface area contributed by atoms with Gasteiger partial charge in [-0.15, -0.1) is 0 Å². The van der Waals surface area contributed by atoms with Crippen molar-refractivity contribution < 1.29 is 13.9 Å². The fraction of sp³-hybridized carbons (Fsp3) is 0.158. The quantitative estimate of drug-likeness (QED) is 0.610. The van der Waals surface area contributed by atoms with Gasteiger partial charge in [0.1, 0.15) is 11.9 Å². The van der Waals surface area contributed by atoms with Crippen LogP contribution in [0.2, 0.25) is 5.02 Å². The Hall–Kier alpha value is -2.59. The van der Waals surface area contributed by atoms with Crippen LogP contribution in [0.15, 0.2) is 59.0 Å². The van der Waals surface area contributed by atoms with E-state index in [0.717, 1.165) is 11.1 Å². The molecule has 1 heterocycles. The molecule has 0 N–H and O–H groups in total. The van der Waals surface area contributed by atoms with Crippen LogP contribution in [0.1, 0.15) is 34.8 Å². The monoisotopic (exact) mass is 341 g/mol. The molecule has 24 heavy (non-hydrogen) atoms. The van der Waals surface area contributed by atoms with Crippen molar-refractivity contribution in [1.82, 2.24) is 4.98 Å². The second-order valence-corrected chi connectivity index (χ2v) is 5.77. The molecule has 5 heteroatoms. The average molecular weight is 342 g/mol. The lowest BCUT2D eigenvalue weighted by Crippen LogP contribution is -2.11. The van der Waals surface area contributed by atoms with Crippen LogP contribution in [0.3, 0.4) is 0 Å². The summed E-state index contributed by atoms with van der Waals surface area (Å²) in [4.78, 5) is 16.7. The minimum absolute atomic E-state index is 0.174. The number of benzene rings is 2. The molecule has 0 saturated carbocycles. The number of nitrogens with zero attached hydrogens (tertiary/aromatic N) is 1. The Balaban J connectivity index is 1.81. The minimum Gasteiger partial charge on any atom is -0.453 e. The van der Waals surface area contributed by atoms with Gasteiger partial charge in [0.2, 0.25) is 5.89 Å². The summed E-state index contributed by atoms with van der Waals surface area (Å²) in [5.41, 5.74) is 1.73. The third-order valence-electron chi connectivity index (χ3n) is 3.64. The summed E-state index contributed by atoms with van der Waals surface area (Å²) in [6.07, 6.45) is -0.484. The molecule has 0 radical (unpaired) electrons. The number of carbonyl (C=O) groups excluding carboxylic acids is 1. The van der Waals surface area contributed by atoms with Gasteiger partial charge in [0.15, 0.2) is 5.69 Å². The van der Waals surface area contributed by atoms with Crippen molar-refractivity contribution in [2.45, 2.75) is 20.0 Å². The second kappa shape index (κ2) is 6.89. The minimum atomic E-state index is -0.536. The Kier molecular flexibility index (Phi) is 4.67. The smallest absolute Gasteiger partial charge is 0.361 e. The summed E-state index contributed by atoms with van der Waals surface area (Å²) in [6.45, 7) is 3.46. The number of aryl methyl sites for hydroxylation is 1. The molecule has 3 rings (SSSR count). The van der Waals surface area contributed by atoms with Crippen molar-refractivity contribution in [1.29, 1.82) is 0 Å². The topological polar surface area (TPSA) is 52.3 Å². The molecule has 1 aromatic heterocycles. The summed E-state index contributed by atoms with van der Waals surface area (Å²) < 4.78 is 11.1. The van der Waals surface area contributed by atoms with E-state index >= 15 is 0 Å². The lowest BCUT2D eigenvalue weighted by atomic mass is 10.1. The second-order valence-electron chi connectivity index (χ2n) is 5.36. The zero-order valence-electron chi connectivity index (χ0n) is 13.3. The van der Waals surface area contributed by atoms with Crippen LogP contribution < -0.4 is 0 Å². The molecule has 0 unspecified atom stereocenters. The van der Waals surface area contributed by atoms with Crippen molar-refractivity contribution in [3.05, 3.63) is 76.6 Å². The van der Waals surface area contributed by atoms with Gasteiger partial charge in [-0.25, -0.2) is 9.78 Å². The summed E-state index contributed by atoms with van der Waals surface area (Å²) in [6, 6.07) is 16.7. The van der Waals surface area contributed by atoms with Crippen LogP contribution >= 0.6 is 11.6 Å². The Morgan fingerprint density at radius 1 is 1.12 bits per heavy atom. The van der Waals surface area contributed by atoms with Crippen LogP contribution in [0.5, 0.6) is 0 Å². The number of hydrogen-bond acceptors (Lipinski definition) is 4.